The van der Waals surface area contributed by atoms with Gasteiger partial charge in [-0.25, -0.2) is 8.42 Å². The molecule has 25 heavy (non-hydrogen) atoms. The van der Waals surface area contributed by atoms with Crippen LogP contribution in [-0.2, 0) is 9.84 Å². The summed E-state index contributed by atoms with van der Waals surface area (Å²) >= 11 is 0. The van der Waals surface area contributed by atoms with E-state index < -0.39 is 26.4 Å². The van der Waals surface area contributed by atoms with Crippen molar-refractivity contribution >= 4 is 21.4 Å². The van der Waals surface area contributed by atoms with Crippen LogP contribution in [0.2, 0.25) is 0 Å². The summed E-state index contributed by atoms with van der Waals surface area (Å²) < 4.78 is 47.9. The van der Waals surface area contributed by atoms with Gasteiger partial charge in [0.25, 0.3) is 5.91 Å². The lowest BCUT2D eigenvalue weighted by molar-refractivity contribution is 0.102. The van der Waals surface area contributed by atoms with Gasteiger partial charge in [-0.15, -0.1) is 0 Å². The van der Waals surface area contributed by atoms with Crippen LogP contribution in [0.5, 0.6) is 0 Å². The first kappa shape index (κ1) is 19.1. The van der Waals surface area contributed by atoms with Gasteiger partial charge in [0.05, 0.1) is 4.90 Å². The molecule has 2 aromatic rings. The molecule has 0 aliphatic rings. The number of rotatable bonds is 6. The second kappa shape index (κ2) is 7.74. The smallest absolute Gasteiger partial charge is 0.322 e. The number of hydrogen-bond acceptors (Lipinski definition) is 3. The van der Waals surface area contributed by atoms with Gasteiger partial charge in [0, 0.05) is 11.3 Å². The Balaban J connectivity index is 2.23. The van der Waals surface area contributed by atoms with Crippen molar-refractivity contribution in [2.75, 3.05) is 5.32 Å². The fourth-order valence-electron chi connectivity index (χ4n) is 2.35. The number of alkyl halides is 2. The molecule has 2 rings (SSSR count). The van der Waals surface area contributed by atoms with Crippen molar-refractivity contribution in [2.24, 2.45) is 0 Å². The third-order valence-electron chi connectivity index (χ3n) is 4.03. The number of hydrogen-bond donors (Lipinski definition) is 1. The van der Waals surface area contributed by atoms with E-state index in [1.54, 1.807) is 12.1 Å². The van der Waals surface area contributed by atoms with E-state index in [1.807, 2.05) is 19.1 Å². The molecule has 4 nitrogen and oxygen atoms in total. The lowest BCUT2D eigenvalue weighted by Crippen LogP contribution is -2.15. The number of amides is 1. The molecule has 0 spiro atoms. The zero-order chi connectivity index (χ0) is 18.6. The Kier molecular flexibility index (Phi) is 5.89. The summed E-state index contributed by atoms with van der Waals surface area (Å²) in [5.74, 6) is -3.67. The highest BCUT2D eigenvalue weighted by molar-refractivity contribution is 7.91. The highest BCUT2D eigenvalue weighted by Crippen LogP contribution is 2.27. The van der Waals surface area contributed by atoms with Crippen LogP contribution in [0.25, 0.3) is 0 Å². The quantitative estimate of drug-likeness (QED) is 0.820. The number of anilines is 1. The highest BCUT2D eigenvalue weighted by atomic mass is 32.2. The zero-order valence-electron chi connectivity index (χ0n) is 13.9. The van der Waals surface area contributed by atoms with Gasteiger partial charge >= 0.3 is 5.76 Å². The molecule has 0 radical (unpaired) electrons. The second-order valence-electron chi connectivity index (χ2n) is 5.68. The molecule has 0 heterocycles. The molecular formula is C18H19F2NO3S. The maximum atomic E-state index is 12.5. The van der Waals surface area contributed by atoms with Crippen molar-refractivity contribution in [1.82, 2.24) is 0 Å². The molecule has 0 unspecified atom stereocenters. The Morgan fingerprint density at radius 2 is 1.68 bits per heavy atom. The van der Waals surface area contributed by atoms with Crippen LogP contribution in [0.1, 0.15) is 42.1 Å². The monoisotopic (exact) mass is 367 g/mol. The third kappa shape index (κ3) is 4.22. The first-order valence-electron chi connectivity index (χ1n) is 7.79. The van der Waals surface area contributed by atoms with Crippen LogP contribution in [-0.4, -0.2) is 20.1 Å². The van der Waals surface area contributed by atoms with Crippen LogP contribution in [0, 0.1) is 0 Å². The van der Waals surface area contributed by atoms with E-state index >= 15 is 0 Å². The van der Waals surface area contributed by atoms with E-state index in [2.05, 4.69) is 12.2 Å². The number of nitrogens with one attached hydrogen (secondary N) is 1. The number of carbonyl (C=O) groups is 1. The maximum Gasteiger partial charge on any atom is 0.341 e. The summed E-state index contributed by atoms with van der Waals surface area (Å²) in [6, 6.07) is 11.9. The van der Waals surface area contributed by atoms with Gasteiger partial charge < -0.3 is 5.32 Å². The minimum absolute atomic E-state index is 0.187. The van der Waals surface area contributed by atoms with Crippen molar-refractivity contribution in [3.8, 4) is 0 Å². The van der Waals surface area contributed by atoms with Crippen molar-refractivity contribution in [2.45, 2.75) is 36.8 Å². The van der Waals surface area contributed by atoms with Gasteiger partial charge in [0.1, 0.15) is 0 Å². The van der Waals surface area contributed by atoms with Gasteiger partial charge in [-0.3, -0.25) is 4.79 Å². The molecule has 1 N–H and O–H groups in total. The van der Waals surface area contributed by atoms with Crippen LogP contribution in [0.15, 0.2) is 53.4 Å². The Morgan fingerprint density at radius 1 is 1.08 bits per heavy atom. The molecule has 0 fully saturated rings. The lowest BCUT2D eigenvalue weighted by Gasteiger charge is -2.15. The fourth-order valence-corrected chi connectivity index (χ4v) is 3.07. The minimum Gasteiger partial charge on any atom is -0.322 e. The molecule has 0 aliphatic carbocycles. The van der Waals surface area contributed by atoms with E-state index in [0.717, 1.165) is 24.1 Å². The van der Waals surface area contributed by atoms with Crippen LogP contribution >= 0.6 is 0 Å². The van der Waals surface area contributed by atoms with Gasteiger partial charge in [0.2, 0.25) is 9.84 Å². The molecule has 0 saturated heterocycles. The number of halogens is 2. The highest BCUT2D eigenvalue weighted by Gasteiger charge is 2.26. The first-order chi connectivity index (χ1) is 11.8. The molecule has 0 aromatic heterocycles. The molecule has 134 valence electrons. The summed E-state index contributed by atoms with van der Waals surface area (Å²) in [4.78, 5) is 11.8. The van der Waals surface area contributed by atoms with Crippen molar-refractivity contribution in [3.63, 3.8) is 0 Å². The molecule has 7 heteroatoms. The van der Waals surface area contributed by atoms with Gasteiger partial charge in [0.15, 0.2) is 0 Å². The zero-order valence-corrected chi connectivity index (χ0v) is 14.7. The summed E-state index contributed by atoms with van der Waals surface area (Å²) in [5.41, 5.74) is 1.86. The fraction of sp³-hybridized carbons (Fsp3) is 0.278. The van der Waals surface area contributed by atoms with Crippen molar-refractivity contribution < 1.29 is 22.0 Å². The van der Waals surface area contributed by atoms with Gasteiger partial charge in [-0.1, -0.05) is 32.0 Å². The molecule has 0 saturated carbocycles. The van der Waals surface area contributed by atoms with E-state index in [-0.39, 0.29) is 11.5 Å². The van der Waals surface area contributed by atoms with Crippen LogP contribution < -0.4 is 5.32 Å². The number of carbonyl (C=O) groups excluding carboxylic acids is 1. The number of sulfone groups is 1. The first-order valence-corrected chi connectivity index (χ1v) is 9.34. The third-order valence-corrected chi connectivity index (χ3v) is 5.43. The van der Waals surface area contributed by atoms with Gasteiger partial charge in [-0.05, 0) is 48.2 Å². The predicted molar refractivity (Wildman–Crippen MR) is 92.7 cm³/mol. The summed E-state index contributed by atoms with van der Waals surface area (Å²) in [6.45, 7) is 4.10. The normalized spacial score (nSPS) is 12.8. The average molecular weight is 367 g/mol. The summed E-state index contributed by atoms with van der Waals surface area (Å²) in [5, 5.41) is 2.79. The van der Waals surface area contributed by atoms with Crippen molar-refractivity contribution in [1.29, 1.82) is 0 Å². The molecule has 0 bridgehead atoms. The Labute approximate surface area is 145 Å². The average Bonchev–Trinajstić information content (AvgIpc) is 2.61. The Bertz CT molecular complexity index is 849. The van der Waals surface area contributed by atoms with Crippen LogP contribution in [0.3, 0.4) is 0 Å². The van der Waals surface area contributed by atoms with Gasteiger partial charge in [-0.2, -0.15) is 8.78 Å². The van der Waals surface area contributed by atoms with E-state index in [1.165, 1.54) is 12.1 Å². The summed E-state index contributed by atoms with van der Waals surface area (Å²) in [7, 11) is -4.66. The largest absolute Gasteiger partial charge is 0.341 e. The minimum atomic E-state index is -4.66. The van der Waals surface area contributed by atoms with E-state index in [0.29, 0.717) is 5.69 Å². The SMILES string of the molecule is CC[C@@H](C)c1ccccc1NC(=O)c1ccc(S(=O)(=O)C(F)F)cc1. The summed E-state index contributed by atoms with van der Waals surface area (Å²) in [6.07, 6.45) is 0.910. The van der Waals surface area contributed by atoms with E-state index in [9.17, 15) is 22.0 Å². The standard InChI is InChI=1S/C18H19F2NO3S/c1-3-12(2)15-6-4-5-7-16(15)21-17(22)13-8-10-14(11-9-13)25(23,24)18(19)20/h4-12,18H,3H2,1-2H3,(H,21,22)/t12-/m1/s1. The number of para-hydroxylation sites is 1. The Morgan fingerprint density at radius 3 is 2.24 bits per heavy atom. The predicted octanol–water partition coefficient (Wildman–Crippen LogP) is 4.45. The molecule has 1 amide bonds. The number of benzene rings is 2. The van der Waals surface area contributed by atoms with E-state index in [4.69, 9.17) is 0 Å². The maximum absolute atomic E-state index is 12.5. The lowest BCUT2D eigenvalue weighted by atomic mass is 9.97. The van der Waals surface area contributed by atoms with Crippen LogP contribution in [0.4, 0.5) is 14.5 Å². The molecular weight excluding hydrogens is 348 g/mol. The van der Waals surface area contributed by atoms with Crippen molar-refractivity contribution in [3.05, 3.63) is 59.7 Å². The molecule has 0 aliphatic heterocycles. The molecule has 1 atom stereocenters. The molecule has 2 aromatic carbocycles. The topological polar surface area (TPSA) is 63.2 Å². The Hall–Kier alpha value is -2.28. The second-order valence-corrected chi connectivity index (χ2v) is 7.60.